The van der Waals surface area contributed by atoms with E-state index in [2.05, 4.69) is 5.32 Å². The van der Waals surface area contributed by atoms with E-state index in [-0.39, 0.29) is 34.7 Å². The van der Waals surface area contributed by atoms with Gasteiger partial charge in [-0.3, -0.25) is 4.79 Å². The second-order valence-corrected chi connectivity index (χ2v) is 8.62. The third-order valence-electron chi connectivity index (χ3n) is 4.65. The van der Waals surface area contributed by atoms with E-state index in [1.54, 1.807) is 11.8 Å². The minimum atomic E-state index is -3.61. The van der Waals surface area contributed by atoms with Crippen molar-refractivity contribution in [2.24, 2.45) is 0 Å². The molecule has 0 saturated carbocycles. The van der Waals surface area contributed by atoms with Crippen LogP contribution in [0.5, 0.6) is 0 Å². The number of sulfonamides is 1. The van der Waals surface area contributed by atoms with E-state index in [9.17, 15) is 13.2 Å². The van der Waals surface area contributed by atoms with Gasteiger partial charge in [0.15, 0.2) is 5.76 Å². The number of halogens is 1. The predicted molar refractivity (Wildman–Crippen MR) is 92.0 cm³/mol. The Kier molecular flexibility index (Phi) is 5.64. The van der Waals surface area contributed by atoms with Crippen molar-refractivity contribution in [3.8, 4) is 0 Å². The summed E-state index contributed by atoms with van der Waals surface area (Å²) in [5.74, 6) is 0.111. The Hall–Kier alpha value is -1.09. The lowest BCUT2D eigenvalue weighted by molar-refractivity contribution is 0.0714. The molecule has 136 valence electrons. The molecule has 2 atom stereocenters. The van der Waals surface area contributed by atoms with Gasteiger partial charge in [0.25, 0.3) is 5.91 Å². The van der Waals surface area contributed by atoms with E-state index in [0.717, 1.165) is 23.6 Å². The number of nitrogens with one attached hydrogen (secondary N) is 1. The molecule has 2 saturated heterocycles. The molecule has 7 nitrogen and oxygen atoms in total. The van der Waals surface area contributed by atoms with Crippen LogP contribution in [-0.2, 0) is 10.0 Å². The van der Waals surface area contributed by atoms with Crippen LogP contribution in [0.4, 0.5) is 0 Å². The average Bonchev–Trinajstić information content (AvgIpc) is 3.01. The summed E-state index contributed by atoms with van der Waals surface area (Å²) in [5, 5.41) is 3.52. The minimum absolute atomic E-state index is 0. The van der Waals surface area contributed by atoms with Crippen LogP contribution in [0.15, 0.2) is 15.4 Å². The van der Waals surface area contributed by atoms with Gasteiger partial charge in [0, 0.05) is 45.3 Å². The Labute approximate surface area is 148 Å². The highest BCUT2D eigenvalue weighted by molar-refractivity contribution is 7.89. The lowest BCUT2D eigenvalue weighted by atomic mass is 10.1. The van der Waals surface area contributed by atoms with Crippen LogP contribution in [-0.4, -0.2) is 62.8 Å². The molecule has 2 aliphatic rings. The number of fused-ring (bicyclic) bond motifs is 2. The maximum absolute atomic E-state index is 12.7. The molecule has 3 rings (SSSR count). The highest BCUT2D eigenvalue weighted by Gasteiger charge is 2.33. The first kappa shape index (κ1) is 19.2. The molecule has 1 N–H and O–H groups in total. The van der Waals surface area contributed by atoms with Crippen molar-refractivity contribution in [2.75, 3.05) is 27.2 Å². The van der Waals surface area contributed by atoms with Crippen molar-refractivity contribution in [3.05, 3.63) is 17.6 Å². The molecule has 24 heavy (non-hydrogen) atoms. The van der Waals surface area contributed by atoms with Crippen LogP contribution in [0.2, 0.25) is 0 Å². The maximum atomic E-state index is 12.7. The summed E-state index contributed by atoms with van der Waals surface area (Å²) in [6, 6.07) is 2.16. The highest BCUT2D eigenvalue weighted by atomic mass is 35.5. The molecule has 2 unspecified atom stereocenters. The Morgan fingerprint density at radius 1 is 1.29 bits per heavy atom. The molecule has 0 spiro atoms. The smallest absolute Gasteiger partial charge is 0.289 e. The quantitative estimate of drug-likeness (QED) is 0.856. The van der Waals surface area contributed by atoms with Crippen molar-refractivity contribution in [1.82, 2.24) is 14.5 Å². The molecule has 1 aromatic rings. The van der Waals surface area contributed by atoms with Crippen molar-refractivity contribution in [2.45, 2.75) is 43.2 Å². The number of furan rings is 1. The first-order chi connectivity index (χ1) is 10.8. The summed E-state index contributed by atoms with van der Waals surface area (Å²) in [4.78, 5) is 14.5. The Morgan fingerprint density at radius 3 is 2.62 bits per heavy atom. The van der Waals surface area contributed by atoms with Crippen LogP contribution in [0.25, 0.3) is 0 Å². The molecule has 2 fully saturated rings. The number of rotatable bonds is 3. The van der Waals surface area contributed by atoms with Gasteiger partial charge in [-0.2, -0.15) is 0 Å². The summed E-state index contributed by atoms with van der Waals surface area (Å²) in [7, 11) is -0.692. The lowest BCUT2D eigenvalue weighted by Gasteiger charge is -2.23. The molecule has 2 aliphatic heterocycles. The second-order valence-electron chi connectivity index (χ2n) is 6.50. The van der Waals surface area contributed by atoms with Gasteiger partial charge in [-0.25, -0.2) is 12.7 Å². The number of hydrogen-bond donors (Lipinski definition) is 1. The van der Waals surface area contributed by atoms with Gasteiger partial charge in [0.2, 0.25) is 10.0 Å². The number of aryl methyl sites for hydroxylation is 1. The first-order valence-corrected chi connectivity index (χ1v) is 9.31. The van der Waals surface area contributed by atoms with Crippen LogP contribution in [0.1, 0.15) is 35.6 Å². The SMILES string of the molecule is Cc1oc(C(=O)N2CCC3CCC(C2)N3)cc1S(=O)(=O)N(C)C.Cl. The normalized spacial score (nSPS) is 23.9. The standard InChI is InChI=1S/C15H23N3O4S.ClH/c1-10-14(23(20,21)17(2)3)8-13(22-10)15(19)18-7-6-11-4-5-12(9-18)16-11;/h8,11-12,16H,4-7,9H2,1-3H3;1H. The van der Waals surface area contributed by atoms with Crippen molar-refractivity contribution >= 4 is 28.3 Å². The predicted octanol–water partition coefficient (Wildman–Crippen LogP) is 1.23. The molecule has 0 aromatic carbocycles. The number of hydrogen-bond acceptors (Lipinski definition) is 5. The van der Waals surface area contributed by atoms with Crippen LogP contribution >= 0.6 is 12.4 Å². The summed E-state index contributed by atoms with van der Waals surface area (Å²) in [6.45, 7) is 2.88. The van der Waals surface area contributed by atoms with Gasteiger partial charge in [-0.15, -0.1) is 12.4 Å². The molecule has 9 heteroatoms. The van der Waals surface area contributed by atoms with Gasteiger partial charge in [0.1, 0.15) is 10.7 Å². The number of amides is 1. The van der Waals surface area contributed by atoms with E-state index in [1.807, 2.05) is 0 Å². The summed E-state index contributed by atoms with van der Waals surface area (Å²) < 4.78 is 31.1. The molecule has 0 radical (unpaired) electrons. The van der Waals surface area contributed by atoms with E-state index >= 15 is 0 Å². The summed E-state index contributed by atoms with van der Waals surface area (Å²) >= 11 is 0. The number of nitrogens with zero attached hydrogens (tertiary/aromatic N) is 2. The molecule has 1 amide bonds. The van der Waals surface area contributed by atoms with Gasteiger partial charge in [0.05, 0.1) is 0 Å². The molecule has 0 aliphatic carbocycles. The molecule has 1 aromatic heterocycles. The lowest BCUT2D eigenvalue weighted by Crippen LogP contribution is -2.38. The van der Waals surface area contributed by atoms with Crippen molar-refractivity contribution in [1.29, 1.82) is 0 Å². The van der Waals surface area contributed by atoms with Gasteiger partial charge < -0.3 is 14.6 Å². The fourth-order valence-corrected chi connectivity index (χ4v) is 4.36. The Morgan fingerprint density at radius 2 is 1.96 bits per heavy atom. The zero-order valence-electron chi connectivity index (χ0n) is 14.1. The number of carbonyl (C=O) groups is 1. The second kappa shape index (κ2) is 7.03. The number of likely N-dealkylation sites (tertiary alicyclic amines) is 1. The van der Waals surface area contributed by atoms with Gasteiger partial charge >= 0.3 is 0 Å². The number of carbonyl (C=O) groups excluding carboxylic acids is 1. The maximum Gasteiger partial charge on any atom is 0.289 e. The zero-order valence-corrected chi connectivity index (χ0v) is 15.7. The topological polar surface area (TPSA) is 82.9 Å². The van der Waals surface area contributed by atoms with Crippen LogP contribution in [0.3, 0.4) is 0 Å². The largest absolute Gasteiger partial charge is 0.455 e. The third-order valence-corrected chi connectivity index (χ3v) is 6.57. The highest BCUT2D eigenvalue weighted by Crippen LogP contribution is 2.25. The molecule has 3 heterocycles. The van der Waals surface area contributed by atoms with Gasteiger partial charge in [-0.1, -0.05) is 0 Å². The monoisotopic (exact) mass is 377 g/mol. The molecule has 2 bridgehead atoms. The Bertz CT molecular complexity index is 716. The van der Waals surface area contributed by atoms with E-state index < -0.39 is 10.0 Å². The summed E-state index contributed by atoms with van der Waals surface area (Å²) in [5.41, 5.74) is 0. The molecular weight excluding hydrogens is 354 g/mol. The fourth-order valence-electron chi connectivity index (χ4n) is 3.31. The van der Waals surface area contributed by atoms with Crippen LogP contribution in [0, 0.1) is 6.92 Å². The van der Waals surface area contributed by atoms with Crippen LogP contribution < -0.4 is 5.32 Å². The Balaban J connectivity index is 0.00000208. The van der Waals surface area contributed by atoms with E-state index in [1.165, 1.54) is 20.2 Å². The van der Waals surface area contributed by atoms with E-state index in [0.29, 0.717) is 25.2 Å². The van der Waals surface area contributed by atoms with Crippen molar-refractivity contribution < 1.29 is 17.6 Å². The first-order valence-electron chi connectivity index (χ1n) is 7.87. The molecular formula is C15H24ClN3O4S. The zero-order chi connectivity index (χ0) is 16.8. The third kappa shape index (κ3) is 3.46. The average molecular weight is 378 g/mol. The summed E-state index contributed by atoms with van der Waals surface area (Å²) in [6.07, 6.45) is 3.16. The van der Waals surface area contributed by atoms with E-state index in [4.69, 9.17) is 4.42 Å². The minimum Gasteiger partial charge on any atom is -0.455 e. The fraction of sp³-hybridized carbons (Fsp3) is 0.667. The van der Waals surface area contributed by atoms with Crippen molar-refractivity contribution in [3.63, 3.8) is 0 Å². The van der Waals surface area contributed by atoms with Gasteiger partial charge in [-0.05, 0) is 26.2 Å².